The van der Waals surface area contributed by atoms with Crippen LogP contribution in [0.4, 0.5) is 0 Å². The summed E-state index contributed by atoms with van der Waals surface area (Å²) in [6, 6.07) is -0.833. The van der Waals surface area contributed by atoms with Gasteiger partial charge in [-0.05, 0) is 19.3 Å². The minimum absolute atomic E-state index is 0.0630. The SMILES string of the molecule is CCCCCCCCC/C=C/C(O)C(COP(=O)(O)OCC[N+](C)(C)C)NC(=O)CCCCCCCCC. The quantitative estimate of drug-likeness (QED) is 0.0480. The number of carbonyl (C=O) groups is 1. The molecule has 0 spiro atoms. The van der Waals surface area contributed by atoms with E-state index in [4.69, 9.17) is 9.05 Å². The van der Waals surface area contributed by atoms with Gasteiger partial charge >= 0.3 is 7.82 Å². The number of aliphatic hydroxyl groups excluding tert-OH is 1. The van der Waals surface area contributed by atoms with Crippen molar-refractivity contribution in [3.8, 4) is 0 Å². The number of amides is 1. The summed E-state index contributed by atoms with van der Waals surface area (Å²) < 4.78 is 23.2. The fraction of sp³-hybridized carbons (Fsp3) is 0.897. The second-order valence-electron chi connectivity index (χ2n) is 11.5. The third-order valence-corrected chi connectivity index (χ3v) is 7.49. The molecule has 0 aliphatic rings. The summed E-state index contributed by atoms with van der Waals surface area (Å²) in [5.41, 5.74) is 0. The molecule has 3 atom stereocenters. The summed E-state index contributed by atoms with van der Waals surface area (Å²) in [6.07, 6.45) is 20.0. The number of phosphoric acid groups is 1. The number of nitrogens with zero attached hydrogens (tertiary/aromatic N) is 1. The molecule has 226 valence electrons. The van der Waals surface area contributed by atoms with Crippen LogP contribution in [0.5, 0.6) is 0 Å². The molecule has 0 heterocycles. The fourth-order valence-electron chi connectivity index (χ4n) is 3.98. The van der Waals surface area contributed by atoms with Crippen LogP contribution >= 0.6 is 7.82 Å². The van der Waals surface area contributed by atoms with Gasteiger partial charge in [0.15, 0.2) is 0 Å². The first-order valence-corrected chi connectivity index (χ1v) is 16.6. The number of likely N-dealkylation sites (N-methyl/N-ethyl adjacent to an activating group) is 1. The Hall–Kier alpha value is -0.760. The van der Waals surface area contributed by atoms with Crippen LogP contribution in [0.3, 0.4) is 0 Å². The monoisotopic (exact) mass is 563 g/mol. The van der Waals surface area contributed by atoms with Crippen molar-refractivity contribution in [2.45, 2.75) is 129 Å². The summed E-state index contributed by atoms with van der Waals surface area (Å²) in [5, 5.41) is 13.5. The van der Waals surface area contributed by atoms with E-state index in [1.165, 1.54) is 57.8 Å². The van der Waals surface area contributed by atoms with Gasteiger partial charge in [-0.15, -0.1) is 0 Å². The maximum Gasteiger partial charge on any atom is 0.472 e. The van der Waals surface area contributed by atoms with Crippen LogP contribution in [0.25, 0.3) is 0 Å². The number of hydrogen-bond acceptors (Lipinski definition) is 5. The summed E-state index contributed by atoms with van der Waals surface area (Å²) in [5.74, 6) is -0.189. The molecule has 0 aromatic rings. The first kappa shape index (κ1) is 37.2. The molecular weight excluding hydrogens is 503 g/mol. The smallest absolute Gasteiger partial charge is 0.387 e. The number of hydrogen-bond donors (Lipinski definition) is 3. The van der Waals surface area contributed by atoms with Gasteiger partial charge in [-0.2, -0.15) is 0 Å². The number of rotatable bonds is 26. The predicted octanol–water partition coefficient (Wildman–Crippen LogP) is 6.51. The van der Waals surface area contributed by atoms with Gasteiger partial charge in [0.05, 0.1) is 39.9 Å². The molecule has 0 aromatic carbocycles. The standard InChI is InChI=1S/C29H59N2O6P/c1-6-8-10-12-14-15-17-18-20-22-28(32)27(26-37-38(34,35)36-25-24-31(3,4)5)30-29(33)23-21-19-16-13-11-9-7-2/h20,22,27-28,32H,6-19,21,23-26H2,1-5H3,(H-,30,33,34,35)/p+1/b22-20+. The number of unbranched alkanes of at least 4 members (excludes halogenated alkanes) is 13. The maximum absolute atomic E-state index is 12.6. The second kappa shape index (κ2) is 23.0. The lowest BCUT2D eigenvalue weighted by atomic mass is 10.1. The van der Waals surface area contributed by atoms with Gasteiger partial charge in [0.1, 0.15) is 13.2 Å². The summed E-state index contributed by atoms with van der Waals surface area (Å²) >= 11 is 0. The number of aliphatic hydroxyl groups is 1. The summed E-state index contributed by atoms with van der Waals surface area (Å²) in [6.45, 7) is 4.69. The normalized spacial score (nSPS) is 15.4. The molecule has 8 nitrogen and oxygen atoms in total. The zero-order valence-electron chi connectivity index (χ0n) is 25.2. The van der Waals surface area contributed by atoms with Crippen LogP contribution in [0.1, 0.15) is 117 Å². The first-order valence-electron chi connectivity index (χ1n) is 15.1. The van der Waals surface area contributed by atoms with E-state index in [0.29, 0.717) is 17.4 Å². The third-order valence-electron chi connectivity index (χ3n) is 6.51. The van der Waals surface area contributed by atoms with Crippen LogP contribution in [0, 0.1) is 0 Å². The van der Waals surface area contributed by atoms with Crippen molar-refractivity contribution in [3.05, 3.63) is 12.2 Å². The average molecular weight is 564 g/mol. The molecule has 1 amide bonds. The molecule has 0 aliphatic carbocycles. The van der Waals surface area contributed by atoms with E-state index in [1.54, 1.807) is 6.08 Å². The Bertz CT molecular complexity index is 653. The largest absolute Gasteiger partial charge is 0.472 e. The van der Waals surface area contributed by atoms with Crippen LogP contribution < -0.4 is 5.32 Å². The van der Waals surface area contributed by atoms with Crippen molar-refractivity contribution in [1.82, 2.24) is 5.32 Å². The van der Waals surface area contributed by atoms with Gasteiger partial charge in [0.2, 0.25) is 5.91 Å². The highest BCUT2D eigenvalue weighted by Crippen LogP contribution is 2.43. The second-order valence-corrected chi connectivity index (χ2v) is 12.9. The van der Waals surface area contributed by atoms with E-state index >= 15 is 0 Å². The van der Waals surface area contributed by atoms with Gasteiger partial charge in [-0.1, -0.05) is 103 Å². The molecule has 0 rings (SSSR count). The molecule has 38 heavy (non-hydrogen) atoms. The van der Waals surface area contributed by atoms with Crippen LogP contribution in [-0.2, 0) is 18.4 Å². The lowest BCUT2D eigenvalue weighted by Gasteiger charge is -2.25. The number of nitrogens with one attached hydrogen (secondary N) is 1. The van der Waals surface area contributed by atoms with E-state index in [0.717, 1.165) is 38.5 Å². The van der Waals surface area contributed by atoms with E-state index in [2.05, 4.69) is 19.2 Å². The maximum atomic E-state index is 12.6. The lowest BCUT2D eigenvalue weighted by molar-refractivity contribution is -0.870. The molecule has 3 N–H and O–H groups in total. The van der Waals surface area contributed by atoms with E-state index < -0.39 is 20.0 Å². The molecule has 0 aliphatic heterocycles. The van der Waals surface area contributed by atoms with Crippen LogP contribution in [0.15, 0.2) is 12.2 Å². The molecular formula is C29H60N2O6P+. The first-order chi connectivity index (χ1) is 18.0. The highest BCUT2D eigenvalue weighted by molar-refractivity contribution is 7.47. The van der Waals surface area contributed by atoms with Crippen LogP contribution in [-0.4, -0.2) is 73.4 Å². The van der Waals surface area contributed by atoms with Crippen molar-refractivity contribution in [1.29, 1.82) is 0 Å². The highest BCUT2D eigenvalue weighted by atomic mass is 31.2. The van der Waals surface area contributed by atoms with Gasteiger partial charge in [0.25, 0.3) is 0 Å². The van der Waals surface area contributed by atoms with Crippen LogP contribution in [0.2, 0.25) is 0 Å². The minimum Gasteiger partial charge on any atom is -0.387 e. The van der Waals surface area contributed by atoms with E-state index in [1.807, 2.05) is 27.2 Å². The van der Waals surface area contributed by atoms with Gasteiger partial charge < -0.3 is 19.8 Å². The average Bonchev–Trinajstić information content (AvgIpc) is 2.84. The molecule has 0 aromatic heterocycles. The van der Waals surface area contributed by atoms with Gasteiger partial charge in [-0.3, -0.25) is 13.8 Å². The number of allylic oxidation sites excluding steroid dienone is 1. The Labute approximate surface area is 233 Å². The Morgan fingerprint density at radius 3 is 1.95 bits per heavy atom. The highest BCUT2D eigenvalue weighted by Gasteiger charge is 2.27. The predicted molar refractivity (Wildman–Crippen MR) is 157 cm³/mol. The van der Waals surface area contributed by atoms with E-state index in [-0.39, 0.29) is 19.1 Å². The van der Waals surface area contributed by atoms with Crippen molar-refractivity contribution in [2.75, 3.05) is 40.9 Å². The zero-order valence-corrected chi connectivity index (χ0v) is 26.1. The van der Waals surface area contributed by atoms with Gasteiger partial charge in [-0.25, -0.2) is 4.57 Å². The molecule has 9 heteroatoms. The Kier molecular flexibility index (Phi) is 22.5. The van der Waals surface area contributed by atoms with Crippen molar-refractivity contribution < 1.29 is 32.9 Å². The molecule has 0 fully saturated rings. The molecule has 0 radical (unpaired) electrons. The van der Waals surface area contributed by atoms with Crippen molar-refractivity contribution in [3.63, 3.8) is 0 Å². The number of quaternary nitrogens is 1. The zero-order chi connectivity index (χ0) is 28.7. The fourth-order valence-corrected chi connectivity index (χ4v) is 4.71. The number of carbonyl (C=O) groups excluding carboxylic acids is 1. The Morgan fingerprint density at radius 1 is 0.868 bits per heavy atom. The summed E-state index contributed by atoms with van der Waals surface area (Å²) in [4.78, 5) is 22.6. The topological polar surface area (TPSA) is 105 Å². The van der Waals surface area contributed by atoms with E-state index in [9.17, 15) is 19.4 Å². The molecule has 0 saturated heterocycles. The number of phosphoric ester groups is 1. The molecule has 0 saturated carbocycles. The molecule has 0 bridgehead atoms. The minimum atomic E-state index is -4.30. The van der Waals surface area contributed by atoms with Crippen molar-refractivity contribution >= 4 is 13.7 Å². The Balaban J connectivity index is 4.71. The Morgan fingerprint density at radius 2 is 1.39 bits per heavy atom. The lowest BCUT2D eigenvalue weighted by Crippen LogP contribution is -2.45. The van der Waals surface area contributed by atoms with Gasteiger partial charge in [0, 0.05) is 6.42 Å². The summed E-state index contributed by atoms with van der Waals surface area (Å²) in [7, 11) is 1.57. The third kappa shape index (κ3) is 24.3. The van der Waals surface area contributed by atoms with Crippen molar-refractivity contribution in [2.24, 2.45) is 0 Å². The molecule has 3 unspecified atom stereocenters.